The summed E-state index contributed by atoms with van der Waals surface area (Å²) in [6.45, 7) is 3.27. The van der Waals surface area contributed by atoms with E-state index in [9.17, 15) is 20.0 Å². The standard InChI is InChI=1S/C14H17N3O5S/c1-3-22-12(18)10-11(15-13(23)16-14(10,2)19)8-4-6-9(7-5-8)17(20)21/h4-7,10-11,19H,3H2,1-2H3,(H2,15,16,23)/t10-,11-,14-/m1/s1. The Morgan fingerprint density at radius 2 is 2.09 bits per heavy atom. The highest BCUT2D eigenvalue weighted by Gasteiger charge is 2.48. The molecule has 1 aromatic rings. The molecule has 0 aromatic heterocycles. The molecule has 1 aromatic carbocycles. The number of benzene rings is 1. The van der Waals surface area contributed by atoms with Crippen molar-refractivity contribution in [3.05, 3.63) is 39.9 Å². The second-order valence-corrected chi connectivity index (χ2v) is 5.71. The van der Waals surface area contributed by atoms with Gasteiger partial charge in [-0.15, -0.1) is 0 Å². The average molecular weight is 339 g/mol. The van der Waals surface area contributed by atoms with E-state index >= 15 is 0 Å². The number of esters is 1. The molecule has 124 valence electrons. The van der Waals surface area contributed by atoms with Gasteiger partial charge in [-0.1, -0.05) is 12.1 Å². The predicted octanol–water partition coefficient (Wildman–Crippen LogP) is 1.00. The molecule has 0 spiro atoms. The number of rotatable bonds is 4. The van der Waals surface area contributed by atoms with Gasteiger partial charge in [0.05, 0.1) is 17.6 Å². The third-order valence-electron chi connectivity index (χ3n) is 3.60. The summed E-state index contributed by atoms with van der Waals surface area (Å²) in [5.74, 6) is -1.57. The fourth-order valence-corrected chi connectivity index (χ4v) is 2.90. The number of ether oxygens (including phenoxy) is 1. The summed E-state index contributed by atoms with van der Waals surface area (Å²) in [6, 6.07) is 5.04. The van der Waals surface area contributed by atoms with Gasteiger partial charge >= 0.3 is 5.97 Å². The lowest BCUT2D eigenvalue weighted by Gasteiger charge is -2.43. The number of carbonyl (C=O) groups excluding carboxylic acids is 1. The Kier molecular flexibility index (Phi) is 4.81. The zero-order valence-corrected chi connectivity index (χ0v) is 13.4. The van der Waals surface area contributed by atoms with Crippen molar-refractivity contribution < 1.29 is 19.6 Å². The number of nitrogens with zero attached hydrogens (tertiary/aromatic N) is 1. The van der Waals surface area contributed by atoms with Crippen molar-refractivity contribution >= 4 is 29.0 Å². The Hall–Kier alpha value is -2.26. The van der Waals surface area contributed by atoms with Crippen LogP contribution < -0.4 is 10.6 Å². The summed E-state index contributed by atoms with van der Waals surface area (Å²) in [7, 11) is 0. The van der Waals surface area contributed by atoms with Crippen LogP contribution >= 0.6 is 12.2 Å². The minimum Gasteiger partial charge on any atom is -0.466 e. The van der Waals surface area contributed by atoms with E-state index in [-0.39, 0.29) is 17.4 Å². The maximum Gasteiger partial charge on any atom is 0.316 e. The number of hydrogen-bond acceptors (Lipinski definition) is 6. The third-order valence-corrected chi connectivity index (χ3v) is 3.82. The molecule has 0 radical (unpaired) electrons. The van der Waals surface area contributed by atoms with Crippen LogP contribution in [0.1, 0.15) is 25.5 Å². The first-order valence-electron chi connectivity index (χ1n) is 6.98. The van der Waals surface area contributed by atoms with E-state index in [4.69, 9.17) is 17.0 Å². The maximum atomic E-state index is 12.3. The summed E-state index contributed by atoms with van der Waals surface area (Å²) in [6.07, 6.45) is 0. The summed E-state index contributed by atoms with van der Waals surface area (Å²) in [5, 5.41) is 27.0. The van der Waals surface area contributed by atoms with Crippen LogP contribution in [0.5, 0.6) is 0 Å². The Labute approximate surface area is 138 Å². The molecule has 0 amide bonds. The van der Waals surface area contributed by atoms with Crippen LogP contribution in [0.15, 0.2) is 24.3 Å². The van der Waals surface area contributed by atoms with Crippen LogP contribution in [0.4, 0.5) is 5.69 Å². The van der Waals surface area contributed by atoms with Crippen LogP contribution in [-0.4, -0.2) is 33.4 Å². The highest BCUT2D eigenvalue weighted by molar-refractivity contribution is 7.80. The molecule has 9 heteroatoms. The van der Waals surface area contributed by atoms with Crippen LogP contribution in [-0.2, 0) is 9.53 Å². The van der Waals surface area contributed by atoms with Crippen LogP contribution in [0.2, 0.25) is 0 Å². The van der Waals surface area contributed by atoms with Crippen molar-refractivity contribution in [3.63, 3.8) is 0 Å². The molecule has 3 N–H and O–H groups in total. The number of nitro groups is 1. The minimum atomic E-state index is -1.61. The van der Waals surface area contributed by atoms with Gasteiger partial charge in [0.15, 0.2) is 5.11 Å². The zero-order chi connectivity index (χ0) is 17.2. The third kappa shape index (κ3) is 3.57. The number of nitrogens with one attached hydrogen (secondary N) is 2. The lowest BCUT2D eigenvalue weighted by Crippen LogP contribution is -2.65. The molecular weight excluding hydrogens is 322 g/mol. The van der Waals surface area contributed by atoms with Crippen molar-refractivity contribution in [1.82, 2.24) is 10.6 Å². The van der Waals surface area contributed by atoms with Gasteiger partial charge in [-0.05, 0) is 31.6 Å². The number of non-ortho nitro benzene ring substituents is 1. The van der Waals surface area contributed by atoms with E-state index in [2.05, 4.69) is 10.6 Å². The van der Waals surface area contributed by atoms with Gasteiger partial charge < -0.3 is 20.5 Å². The Morgan fingerprint density at radius 1 is 1.48 bits per heavy atom. The summed E-state index contributed by atoms with van der Waals surface area (Å²) in [4.78, 5) is 22.5. The van der Waals surface area contributed by atoms with E-state index < -0.39 is 28.6 Å². The first kappa shape index (κ1) is 17.1. The highest BCUT2D eigenvalue weighted by atomic mass is 32.1. The molecule has 1 saturated heterocycles. The largest absolute Gasteiger partial charge is 0.466 e. The molecule has 0 aliphatic carbocycles. The minimum absolute atomic E-state index is 0.0651. The summed E-state index contributed by atoms with van der Waals surface area (Å²) >= 11 is 5.06. The molecule has 1 fully saturated rings. The van der Waals surface area contributed by atoms with Gasteiger partial charge in [0.25, 0.3) is 5.69 Å². The van der Waals surface area contributed by atoms with Gasteiger partial charge in [0.2, 0.25) is 0 Å². The number of aliphatic hydroxyl groups is 1. The van der Waals surface area contributed by atoms with Gasteiger partial charge in [-0.3, -0.25) is 14.9 Å². The molecule has 1 heterocycles. The monoisotopic (exact) mass is 339 g/mol. The smallest absolute Gasteiger partial charge is 0.316 e. The molecule has 1 aliphatic heterocycles. The van der Waals surface area contributed by atoms with Crippen molar-refractivity contribution in [2.75, 3.05) is 6.61 Å². The van der Waals surface area contributed by atoms with Gasteiger partial charge in [0, 0.05) is 12.1 Å². The quantitative estimate of drug-likeness (QED) is 0.322. The van der Waals surface area contributed by atoms with Crippen LogP contribution in [0.25, 0.3) is 0 Å². The maximum absolute atomic E-state index is 12.3. The van der Waals surface area contributed by atoms with E-state index in [1.165, 1.54) is 31.2 Å². The van der Waals surface area contributed by atoms with Crippen molar-refractivity contribution in [1.29, 1.82) is 0 Å². The average Bonchev–Trinajstić information content (AvgIpc) is 2.45. The van der Waals surface area contributed by atoms with E-state index in [0.717, 1.165) is 0 Å². The van der Waals surface area contributed by atoms with Gasteiger partial charge in [-0.2, -0.15) is 0 Å². The topological polar surface area (TPSA) is 114 Å². The van der Waals surface area contributed by atoms with Gasteiger partial charge in [-0.25, -0.2) is 0 Å². The molecule has 2 rings (SSSR count). The fourth-order valence-electron chi connectivity index (χ4n) is 2.57. The van der Waals surface area contributed by atoms with Crippen molar-refractivity contribution in [3.8, 4) is 0 Å². The van der Waals surface area contributed by atoms with E-state index in [0.29, 0.717) is 5.56 Å². The summed E-state index contributed by atoms with van der Waals surface area (Å²) < 4.78 is 5.04. The molecule has 8 nitrogen and oxygen atoms in total. The molecule has 23 heavy (non-hydrogen) atoms. The van der Waals surface area contributed by atoms with Gasteiger partial charge in [0.1, 0.15) is 11.6 Å². The summed E-state index contributed by atoms with van der Waals surface area (Å²) in [5.41, 5.74) is -1.09. The molecular formula is C14H17N3O5S. The molecule has 3 atom stereocenters. The molecule has 0 unspecified atom stereocenters. The van der Waals surface area contributed by atoms with Crippen LogP contribution in [0.3, 0.4) is 0 Å². The number of carbonyl (C=O) groups is 1. The number of hydrogen-bond donors (Lipinski definition) is 3. The lowest BCUT2D eigenvalue weighted by atomic mass is 9.83. The molecule has 0 saturated carbocycles. The van der Waals surface area contributed by atoms with Crippen molar-refractivity contribution in [2.45, 2.75) is 25.6 Å². The predicted molar refractivity (Wildman–Crippen MR) is 85.5 cm³/mol. The lowest BCUT2D eigenvalue weighted by molar-refractivity contribution is -0.384. The highest BCUT2D eigenvalue weighted by Crippen LogP contribution is 2.34. The number of thiocarbonyl (C=S) groups is 1. The molecule has 1 aliphatic rings. The zero-order valence-electron chi connectivity index (χ0n) is 12.6. The van der Waals surface area contributed by atoms with E-state index in [1.54, 1.807) is 6.92 Å². The second kappa shape index (κ2) is 6.47. The second-order valence-electron chi connectivity index (χ2n) is 5.30. The first-order valence-corrected chi connectivity index (χ1v) is 7.39. The van der Waals surface area contributed by atoms with E-state index in [1.807, 2.05) is 0 Å². The SMILES string of the molecule is CCOC(=O)[C@H]1[C@@H](c2ccc([N+](=O)[O-])cc2)NC(=S)N[C@]1(C)O. The van der Waals surface area contributed by atoms with Crippen molar-refractivity contribution in [2.24, 2.45) is 5.92 Å². The first-order chi connectivity index (χ1) is 10.8. The Morgan fingerprint density at radius 3 is 2.61 bits per heavy atom. The number of nitro benzene ring substituents is 1. The normalized spacial score (nSPS) is 26.8. The Balaban J connectivity index is 2.40. The molecule has 0 bridgehead atoms. The fraction of sp³-hybridized carbons (Fsp3) is 0.429. The Bertz CT molecular complexity index is 632. The van der Waals surface area contributed by atoms with Crippen LogP contribution in [0, 0.1) is 16.0 Å².